The monoisotopic (exact) mass is 483 g/mol. The van der Waals surface area contributed by atoms with Gasteiger partial charge in [-0.3, -0.25) is 9.59 Å². The van der Waals surface area contributed by atoms with Crippen molar-refractivity contribution >= 4 is 40.3 Å². The molecule has 0 radical (unpaired) electrons. The van der Waals surface area contributed by atoms with Gasteiger partial charge in [0.2, 0.25) is 0 Å². The second kappa shape index (κ2) is 11.2. The van der Waals surface area contributed by atoms with Gasteiger partial charge in [-0.2, -0.15) is 0 Å². The van der Waals surface area contributed by atoms with Gasteiger partial charge in [0.1, 0.15) is 5.69 Å². The number of hydrogen-bond acceptors (Lipinski definition) is 5. The summed E-state index contributed by atoms with van der Waals surface area (Å²) in [6.07, 6.45) is 1.72. The van der Waals surface area contributed by atoms with Crippen molar-refractivity contribution < 1.29 is 14.7 Å². The van der Waals surface area contributed by atoms with E-state index in [4.69, 9.17) is 5.11 Å². The number of aromatic nitrogens is 1. The number of rotatable bonds is 9. The van der Waals surface area contributed by atoms with Gasteiger partial charge in [-0.05, 0) is 84.9 Å². The molecule has 36 heavy (non-hydrogen) atoms. The molecular weight excluding hydrogens is 454 g/mol. The van der Waals surface area contributed by atoms with Crippen LogP contribution in [0.4, 0.5) is 28.4 Å². The first-order chi connectivity index (χ1) is 17.4. The van der Waals surface area contributed by atoms with Crippen molar-refractivity contribution in [3.05, 3.63) is 102 Å². The molecule has 0 bridgehead atoms. The zero-order chi connectivity index (χ0) is 25.5. The molecule has 4 aromatic rings. The average molecular weight is 484 g/mol. The number of aliphatic hydroxyl groups is 1. The molecule has 0 spiro atoms. The molecular formula is C28H29N5O3. The minimum Gasteiger partial charge on any atom is -0.395 e. The van der Waals surface area contributed by atoms with Crippen LogP contribution < -0.4 is 20.4 Å². The predicted molar refractivity (Wildman–Crippen MR) is 144 cm³/mol. The second-order valence-corrected chi connectivity index (χ2v) is 8.34. The quantitative estimate of drug-likeness (QED) is 0.276. The summed E-state index contributed by atoms with van der Waals surface area (Å²) in [6, 6.07) is 25.8. The molecule has 2 amide bonds. The van der Waals surface area contributed by atoms with Crippen LogP contribution in [0.1, 0.15) is 20.8 Å². The van der Waals surface area contributed by atoms with E-state index >= 15 is 0 Å². The van der Waals surface area contributed by atoms with Gasteiger partial charge in [-0.15, -0.1) is 0 Å². The number of benzene rings is 3. The fraction of sp³-hybridized carbons (Fsp3) is 0.143. The van der Waals surface area contributed by atoms with Crippen LogP contribution in [0.5, 0.6) is 0 Å². The van der Waals surface area contributed by atoms with E-state index in [0.29, 0.717) is 23.5 Å². The Bertz CT molecular complexity index is 1280. The smallest absolute Gasteiger partial charge is 0.274 e. The molecule has 4 rings (SSSR count). The summed E-state index contributed by atoms with van der Waals surface area (Å²) in [5.74, 6) is -0.302. The Hall–Kier alpha value is -4.56. The maximum atomic E-state index is 12.6. The fourth-order valence-electron chi connectivity index (χ4n) is 3.68. The van der Waals surface area contributed by atoms with Crippen LogP contribution in [0, 0.1) is 0 Å². The highest BCUT2D eigenvalue weighted by molar-refractivity contribution is 6.05. The topological polar surface area (TPSA) is 101 Å². The van der Waals surface area contributed by atoms with Crippen molar-refractivity contribution in [3.63, 3.8) is 0 Å². The molecule has 184 valence electrons. The van der Waals surface area contributed by atoms with Gasteiger partial charge >= 0.3 is 0 Å². The normalized spacial score (nSPS) is 10.5. The van der Waals surface area contributed by atoms with Crippen molar-refractivity contribution in [1.82, 2.24) is 4.98 Å². The van der Waals surface area contributed by atoms with Gasteiger partial charge in [-0.1, -0.05) is 0 Å². The number of anilines is 5. The summed E-state index contributed by atoms with van der Waals surface area (Å²) in [7, 11) is 3.63. The molecule has 0 saturated carbocycles. The number of nitrogens with one attached hydrogen (secondary N) is 3. The maximum Gasteiger partial charge on any atom is 0.274 e. The van der Waals surface area contributed by atoms with Gasteiger partial charge in [-0.25, -0.2) is 0 Å². The molecule has 8 nitrogen and oxygen atoms in total. The minimum absolute atomic E-state index is 0.0713. The molecule has 0 atom stereocenters. The Morgan fingerprint density at radius 3 is 1.97 bits per heavy atom. The van der Waals surface area contributed by atoms with Crippen LogP contribution in [0.3, 0.4) is 0 Å². The third-order valence-corrected chi connectivity index (χ3v) is 5.82. The number of amides is 2. The number of carbonyl (C=O) groups is 2. The van der Waals surface area contributed by atoms with Crippen LogP contribution in [-0.2, 0) is 0 Å². The van der Waals surface area contributed by atoms with Gasteiger partial charge in [0.25, 0.3) is 11.8 Å². The largest absolute Gasteiger partial charge is 0.395 e. The van der Waals surface area contributed by atoms with Crippen LogP contribution in [0.25, 0.3) is 0 Å². The molecule has 0 fully saturated rings. The summed E-state index contributed by atoms with van der Waals surface area (Å²) in [6.45, 7) is 0.600. The number of carbonyl (C=O) groups excluding carboxylic acids is 2. The summed E-state index contributed by atoms with van der Waals surface area (Å²) < 4.78 is 0. The number of H-pyrrole nitrogens is 1. The molecule has 0 aliphatic rings. The molecule has 0 unspecified atom stereocenters. The van der Waals surface area contributed by atoms with Crippen LogP contribution >= 0.6 is 0 Å². The van der Waals surface area contributed by atoms with E-state index in [0.717, 1.165) is 22.7 Å². The molecule has 8 heteroatoms. The summed E-state index contributed by atoms with van der Waals surface area (Å²) in [4.78, 5) is 31.5. The summed E-state index contributed by atoms with van der Waals surface area (Å²) >= 11 is 0. The van der Waals surface area contributed by atoms with Crippen molar-refractivity contribution in [2.24, 2.45) is 0 Å². The van der Waals surface area contributed by atoms with Gasteiger partial charge in [0, 0.05) is 60.8 Å². The van der Waals surface area contributed by atoms with Crippen molar-refractivity contribution in [1.29, 1.82) is 0 Å². The fourth-order valence-corrected chi connectivity index (χ4v) is 3.68. The highest BCUT2D eigenvalue weighted by Gasteiger charge is 2.14. The molecule has 0 saturated heterocycles. The second-order valence-electron chi connectivity index (χ2n) is 8.34. The van der Waals surface area contributed by atoms with Crippen molar-refractivity contribution in [2.45, 2.75) is 0 Å². The lowest BCUT2D eigenvalue weighted by molar-refractivity contribution is 0.0987. The standard InChI is InChI=1S/C28H29N5O3/c1-32(18-19-34)24-13-5-20(6-14-24)27(35)31-23-9-7-21(8-10-23)30-22-11-15-25(16-12-22)33(2)28(36)26-4-3-17-29-26/h3-17,29-30,34H,18-19H2,1-2H3,(H,31,35). The molecule has 4 N–H and O–H groups in total. The maximum absolute atomic E-state index is 12.6. The number of likely N-dealkylation sites (N-methyl/N-ethyl adjacent to an activating group) is 1. The number of nitrogens with zero attached hydrogens (tertiary/aromatic N) is 2. The first-order valence-electron chi connectivity index (χ1n) is 11.6. The van der Waals surface area contributed by atoms with E-state index in [1.807, 2.05) is 72.6 Å². The molecule has 0 aliphatic carbocycles. The predicted octanol–water partition coefficient (Wildman–Crippen LogP) is 4.72. The van der Waals surface area contributed by atoms with E-state index in [9.17, 15) is 9.59 Å². The Morgan fingerprint density at radius 2 is 1.39 bits per heavy atom. The Balaban J connectivity index is 1.33. The van der Waals surface area contributed by atoms with Crippen molar-refractivity contribution in [2.75, 3.05) is 47.7 Å². The average Bonchev–Trinajstić information content (AvgIpc) is 3.45. The first kappa shape index (κ1) is 24.6. The summed E-state index contributed by atoms with van der Waals surface area (Å²) in [5.41, 5.74) is 5.24. The minimum atomic E-state index is -0.194. The molecule has 0 aliphatic heterocycles. The first-order valence-corrected chi connectivity index (χ1v) is 11.6. The van der Waals surface area contributed by atoms with Crippen LogP contribution in [-0.4, -0.2) is 49.2 Å². The summed E-state index contributed by atoms with van der Waals surface area (Å²) in [5, 5.41) is 15.3. The lowest BCUT2D eigenvalue weighted by atomic mass is 10.1. The SMILES string of the molecule is CN(CCO)c1ccc(C(=O)Nc2ccc(Nc3ccc(N(C)C(=O)c4ccc[nH]4)cc3)cc2)cc1. The Kier molecular flexibility index (Phi) is 7.67. The van der Waals surface area contributed by atoms with E-state index in [1.54, 1.807) is 42.4 Å². The van der Waals surface area contributed by atoms with E-state index in [2.05, 4.69) is 15.6 Å². The van der Waals surface area contributed by atoms with E-state index < -0.39 is 0 Å². The zero-order valence-corrected chi connectivity index (χ0v) is 20.2. The lowest BCUT2D eigenvalue weighted by Crippen LogP contribution is -2.26. The van der Waals surface area contributed by atoms with Gasteiger partial charge in [0.15, 0.2) is 0 Å². The third kappa shape index (κ3) is 5.92. The highest BCUT2D eigenvalue weighted by atomic mass is 16.3. The van der Waals surface area contributed by atoms with E-state index in [1.165, 1.54) is 0 Å². The van der Waals surface area contributed by atoms with Crippen LogP contribution in [0.2, 0.25) is 0 Å². The molecule has 1 heterocycles. The number of aromatic amines is 1. The van der Waals surface area contributed by atoms with Gasteiger partial charge < -0.3 is 30.5 Å². The Morgan fingerprint density at radius 1 is 0.806 bits per heavy atom. The lowest BCUT2D eigenvalue weighted by Gasteiger charge is -2.18. The van der Waals surface area contributed by atoms with Crippen molar-refractivity contribution in [3.8, 4) is 0 Å². The zero-order valence-electron chi connectivity index (χ0n) is 20.2. The van der Waals surface area contributed by atoms with E-state index in [-0.39, 0.29) is 18.4 Å². The Labute approximate surface area is 210 Å². The highest BCUT2D eigenvalue weighted by Crippen LogP contribution is 2.23. The number of aliphatic hydroxyl groups excluding tert-OH is 1. The third-order valence-electron chi connectivity index (χ3n) is 5.82. The molecule has 3 aromatic carbocycles. The van der Waals surface area contributed by atoms with Crippen LogP contribution in [0.15, 0.2) is 91.1 Å². The number of hydrogen-bond donors (Lipinski definition) is 4. The van der Waals surface area contributed by atoms with Gasteiger partial charge in [0.05, 0.1) is 6.61 Å². The molecule has 1 aromatic heterocycles.